The van der Waals surface area contributed by atoms with Gasteiger partial charge in [0.15, 0.2) is 0 Å². The fourth-order valence-corrected chi connectivity index (χ4v) is 3.49. The van der Waals surface area contributed by atoms with Crippen LogP contribution in [0.25, 0.3) is 0 Å². The van der Waals surface area contributed by atoms with E-state index in [0.29, 0.717) is 11.5 Å². The van der Waals surface area contributed by atoms with Crippen molar-refractivity contribution in [3.63, 3.8) is 0 Å². The van der Waals surface area contributed by atoms with Crippen LogP contribution in [0.2, 0.25) is 10.0 Å². The summed E-state index contributed by atoms with van der Waals surface area (Å²) in [6.45, 7) is 0. The number of aromatic nitrogens is 1. The molecule has 1 N–H and O–H groups in total. The summed E-state index contributed by atoms with van der Waals surface area (Å²) in [5.74, 6) is 0.678. The molecule has 1 aromatic heterocycles. The molecular formula is C13H10Cl2N4O2S. The summed E-state index contributed by atoms with van der Waals surface area (Å²) in [7, 11) is -2.21. The molecule has 9 heteroatoms. The van der Waals surface area contributed by atoms with Crippen molar-refractivity contribution in [1.82, 2.24) is 4.98 Å². The first-order valence-electron chi connectivity index (χ1n) is 6.14. The first-order valence-corrected chi connectivity index (χ1v) is 8.34. The third kappa shape index (κ3) is 2.63. The maximum atomic E-state index is 12.3. The number of guanidine groups is 1. The van der Waals surface area contributed by atoms with Crippen molar-refractivity contribution in [3.05, 3.63) is 46.6 Å². The van der Waals surface area contributed by atoms with E-state index in [0.717, 1.165) is 0 Å². The lowest BCUT2D eigenvalue weighted by molar-refractivity contribution is 0.597. The number of benzene rings is 1. The van der Waals surface area contributed by atoms with E-state index in [4.69, 9.17) is 23.2 Å². The molecule has 0 bridgehead atoms. The minimum Gasteiger partial charge on any atom is -0.324 e. The maximum absolute atomic E-state index is 12.3. The summed E-state index contributed by atoms with van der Waals surface area (Å²) >= 11 is 11.8. The molecule has 0 spiro atoms. The number of hydrogen-bond donors (Lipinski definition) is 1. The number of halogens is 2. The Hall–Kier alpha value is -1.83. The first-order chi connectivity index (χ1) is 10.4. The summed E-state index contributed by atoms with van der Waals surface area (Å²) in [5.41, 5.74) is 0.321. The second kappa shape index (κ2) is 5.42. The number of rotatable bonds is 1. The van der Waals surface area contributed by atoms with E-state index in [2.05, 4.69) is 14.7 Å². The zero-order valence-corrected chi connectivity index (χ0v) is 13.6. The predicted molar refractivity (Wildman–Crippen MR) is 87.3 cm³/mol. The Kier molecular flexibility index (Phi) is 3.72. The lowest BCUT2D eigenvalue weighted by atomic mass is 10.3. The summed E-state index contributed by atoms with van der Waals surface area (Å²) < 4.78 is 28.4. The molecule has 0 saturated heterocycles. The number of sulfonamides is 1. The van der Waals surface area contributed by atoms with Crippen molar-refractivity contribution in [2.24, 2.45) is 4.40 Å². The molecule has 0 saturated carbocycles. The van der Waals surface area contributed by atoms with Gasteiger partial charge in [0.05, 0.1) is 15.7 Å². The maximum Gasteiger partial charge on any atom is 0.287 e. The molecule has 0 unspecified atom stereocenters. The van der Waals surface area contributed by atoms with E-state index < -0.39 is 10.0 Å². The van der Waals surface area contributed by atoms with E-state index in [1.165, 1.54) is 17.0 Å². The van der Waals surface area contributed by atoms with Crippen LogP contribution < -0.4 is 10.2 Å². The third-order valence-electron chi connectivity index (χ3n) is 3.06. The highest BCUT2D eigenvalue weighted by Crippen LogP contribution is 2.35. The van der Waals surface area contributed by atoms with Gasteiger partial charge in [0, 0.05) is 13.2 Å². The minimum atomic E-state index is -3.87. The summed E-state index contributed by atoms with van der Waals surface area (Å²) in [6, 6.07) is 8.03. The summed E-state index contributed by atoms with van der Waals surface area (Å²) in [5, 5.41) is 3.34. The average molecular weight is 357 g/mol. The second-order valence-corrected chi connectivity index (χ2v) is 6.91. The summed E-state index contributed by atoms with van der Waals surface area (Å²) in [6.07, 6.45) is 1.61. The van der Waals surface area contributed by atoms with Gasteiger partial charge in [0.1, 0.15) is 10.7 Å². The van der Waals surface area contributed by atoms with Crippen molar-refractivity contribution in [1.29, 1.82) is 0 Å². The molecule has 114 valence electrons. The minimum absolute atomic E-state index is 0.0138. The molecule has 2 heterocycles. The summed E-state index contributed by atoms with van der Waals surface area (Å²) in [4.78, 5) is 5.67. The zero-order valence-electron chi connectivity index (χ0n) is 11.3. The standard InChI is InChI=1S/C13H10Cl2N4O2S/c1-19(12-4-2-3-5-16-12)13-17-10-6-8(14)9(15)7-11(10)22(20,21)18-13/h2-7H,1H3,(H,17,18). The second-order valence-electron chi connectivity index (χ2n) is 4.52. The van der Waals surface area contributed by atoms with Crippen molar-refractivity contribution in [3.8, 4) is 0 Å². The van der Waals surface area contributed by atoms with Crippen molar-refractivity contribution in [2.45, 2.75) is 4.90 Å². The van der Waals surface area contributed by atoms with Crippen molar-refractivity contribution in [2.75, 3.05) is 17.3 Å². The smallest absolute Gasteiger partial charge is 0.287 e. The fraction of sp³-hybridized carbons (Fsp3) is 0.0769. The van der Waals surface area contributed by atoms with Crippen molar-refractivity contribution < 1.29 is 8.42 Å². The van der Waals surface area contributed by atoms with Crippen LogP contribution in [0, 0.1) is 0 Å². The van der Waals surface area contributed by atoms with Crippen LogP contribution in [0.4, 0.5) is 11.5 Å². The van der Waals surface area contributed by atoms with Gasteiger partial charge in [-0.3, -0.25) is 4.90 Å². The molecule has 1 aromatic carbocycles. The lowest BCUT2D eigenvalue weighted by Crippen LogP contribution is -2.37. The normalized spacial score (nSPS) is 15.5. The Morgan fingerprint density at radius 1 is 1.18 bits per heavy atom. The number of hydrogen-bond acceptors (Lipinski definition) is 5. The van der Waals surface area contributed by atoms with Gasteiger partial charge in [-0.25, -0.2) is 4.98 Å². The zero-order chi connectivity index (χ0) is 15.9. The molecule has 0 radical (unpaired) electrons. The Morgan fingerprint density at radius 3 is 2.59 bits per heavy atom. The Morgan fingerprint density at radius 2 is 1.91 bits per heavy atom. The van der Waals surface area contributed by atoms with E-state index in [1.54, 1.807) is 31.4 Å². The number of anilines is 2. The monoisotopic (exact) mass is 356 g/mol. The molecular weight excluding hydrogens is 347 g/mol. The lowest BCUT2D eigenvalue weighted by Gasteiger charge is -2.25. The predicted octanol–water partition coefficient (Wildman–Crippen LogP) is 3.00. The van der Waals surface area contributed by atoms with Crippen molar-refractivity contribution >= 4 is 50.7 Å². The van der Waals surface area contributed by atoms with E-state index in [-0.39, 0.29) is 20.9 Å². The van der Waals surface area contributed by atoms with Crippen LogP contribution in [0.3, 0.4) is 0 Å². The van der Waals surface area contributed by atoms with E-state index in [1.807, 2.05) is 0 Å². The Bertz CT molecular complexity index is 869. The fourth-order valence-electron chi connectivity index (χ4n) is 1.95. The number of nitrogens with one attached hydrogen (secondary N) is 1. The number of nitrogens with zero attached hydrogens (tertiary/aromatic N) is 3. The number of pyridine rings is 1. The largest absolute Gasteiger partial charge is 0.324 e. The molecule has 6 nitrogen and oxygen atoms in total. The van der Waals surface area contributed by atoms with Gasteiger partial charge in [0.25, 0.3) is 10.0 Å². The van der Waals surface area contributed by atoms with Gasteiger partial charge in [-0.15, -0.1) is 4.40 Å². The van der Waals surface area contributed by atoms with Gasteiger partial charge in [-0.1, -0.05) is 29.3 Å². The SMILES string of the molecule is CN(C1=NS(=O)(=O)c2cc(Cl)c(Cl)cc2N1)c1ccccn1. The van der Waals surface area contributed by atoms with Crippen LogP contribution in [0.5, 0.6) is 0 Å². The average Bonchev–Trinajstić information content (AvgIpc) is 2.49. The van der Waals surface area contributed by atoms with Crippen LogP contribution >= 0.6 is 23.2 Å². The van der Waals surface area contributed by atoms with Gasteiger partial charge in [0.2, 0.25) is 5.96 Å². The Balaban J connectivity index is 2.07. The van der Waals surface area contributed by atoms with Crippen LogP contribution in [0.1, 0.15) is 0 Å². The molecule has 0 atom stereocenters. The van der Waals surface area contributed by atoms with E-state index >= 15 is 0 Å². The topological polar surface area (TPSA) is 74.7 Å². The third-order valence-corrected chi connectivity index (χ3v) is 5.09. The van der Waals surface area contributed by atoms with Gasteiger partial charge >= 0.3 is 0 Å². The van der Waals surface area contributed by atoms with Crippen LogP contribution in [-0.4, -0.2) is 26.4 Å². The highest BCUT2D eigenvalue weighted by atomic mass is 35.5. The molecule has 2 aromatic rings. The molecule has 22 heavy (non-hydrogen) atoms. The van der Waals surface area contributed by atoms with E-state index in [9.17, 15) is 8.42 Å². The molecule has 0 fully saturated rings. The first kappa shape index (κ1) is 15.1. The highest BCUT2D eigenvalue weighted by molar-refractivity contribution is 7.90. The van der Waals surface area contributed by atoms with Gasteiger partial charge in [-0.2, -0.15) is 8.42 Å². The van der Waals surface area contributed by atoms with Crippen LogP contribution in [-0.2, 0) is 10.0 Å². The van der Waals surface area contributed by atoms with Gasteiger partial charge in [-0.05, 0) is 24.3 Å². The quantitative estimate of drug-likeness (QED) is 0.849. The molecule has 1 aliphatic rings. The van der Waals surface area contributed by atoms with Crippen LogP contribution in [0.15, 0.2) is 45.8 Å². The van der Waals surface area contributed by atoms with Gasteiger partial charge < -0.3 is 5.32 Å². The highest BCUT2D eigenvalue weighted by Gasteiger charge is 2.28. The molecule has 0 amide bonds. The molecule has 0 aliphatic carbocycles. The molecule has 1 aliphatic heterocycles. The Labute approximate surface area is 137 Å². The number of fused-ring (bicyclic) bond motifs is 1. The molecule has 3 rings (SSSR count).